The minimum atomic E-state index is -4.55. The van der Waals surface area contributed by atoms with Crippen LogP contribution in [0.15, 0.2) is 18.2 Å². The number of nitrogens with zero attached hydrogens (tertiary/aromatic N) is 2. The first-order chi connectivity index (χ1) is 12.1. The van der Waals surface area contributed by atoms with Crippen molar-refractivity contribution in [3.05, 3.63) is 45.7 Å². The molecule has 26 heavy (non-hydrogen) atoms. The summed E-state index contributed by atoms with van der Waals surface area (Å²) < 4.78 is 39.7. The number of nitrogens with one attached hydrogen (secondary N) is 2. The number of hydrogen-bond donors (Lipinski definition) is 2. The Morgan fingerprint density at radius 2 is 1.81 bits per heavy atom. The Hall–Kier alpha value is -1.80. The van der Waals surface area contributed by atoms with Gasteiger partial charge in [-0.05, 0) is 62.7 Å². The molecule has 9 heteroatoms. The summed E-state index contributed by atoms with van der Waals surface area (Å²) in [4.78, 5) is 0. The molecule has 2 N–H and O–H groups in total. The quantitative estimate of drug-likeness (QED) is 0.551. The van der Waals surface area contributed by atoms with Crippen molar-refractivity contribution in [1.82, 2.24) is 15.1 Å². The molecular formula is C17H20ClF3N4S. The zero-order valence-electron chi connectivity index (χ0n) is 14.7. The summed E-state index contributed by atoms with van der Waals surface area (Å²) in [6, 6.07) is 6.03. The Bertz CT molecular complexity index is 782. The molecule has 0 aliphatic heterocycles. The van der Waals surface area contributed by atoms with Crippen molar-refractivity contribution in [3.8, 4) is 0 Å². The van der Waals surface area contributed by atoms with E-state index < -0.39 is 11.9 Å². The lowest BCUT2D eigenvalue weighted by Gasteiger charge is -2.12. The van der Waals surface area contributed by atoms with Gasteiger partial charge in [0.2, 0.25) is 0 Å². The summed E-state index contributed by atoms with van der Waals surface area (Å²) in [6.45, 7) is 6.32. The minimum absolute atomic E-state index is 0.301. The first-order valence-corrected chi connectivity index (χ1v) is 8.80. The summed E-state index contributed by atoms with van der Waals surface area (Å²) in [5.41, 5.74) is 2.40. The molecule has 1 aromatic carbocycles. The molecule has 1 heterocycles. The molecule has 0 radical (unpaired) electrons. The molecule has 0 fully saturated rings. The topological polar surface area (TPSA) is 41.9 Å². The molecule has 4 nitrogen and oxygen atoms in total. The highest BCUT2D eigenvalue weighted by Gasteiger charge is 2.38. The number of thiocarbonyl (C=S) groups is 1. The maximum atomic E-state index is 12.8. The monoisotopic (exact) mass is 404 g/mol. The van der Waals surface area contributed by atoms with Crippen LogP contribution in [0, 0.1) is 20.8 Å². The van der Waals surface area contributed by atoms with Crippen LogP contribution in [0.5, 0.6) is 0 Å². The van der Waals surface area contributed by atoms with Gasteiger partial charge < -0.3 is 10.6 Å². The lowest BCUT2D eigenvalue weighted by molar-refractivity contribution is -0.141. The van der Waals surface area contributed by atoms with Crippen LogP contribution in [0.1, 0.15) is 28.9 Å². The molecule has 0 saturated heterocycles. The number of benzene rings is 1. The third-order valence-electron chi connectivity index (χ3n) is 3.71. The van der Waals surface area contributed by atoms with Gasteiger partial charge in [0.15, 0.2) is 10.8 Å². The van der Waals surface area contributed by atoms with E-state index >= 15 is 0 Å². The van der Waals surface area contributed by atoms with Gasteiger partial charge in [-0.25, -0.2) is 0 Å². The number of anilines is 1. The first kappa shape index (κ1) is 20.5. The highest BCUT2D eigenvalue weighted by molar-refractivity contribution is 7.80. The second-order valence-corrected chi connectivity index (χ2v) is 6.87. The van der Waals surface area contributed by atoms with E-state index in [0.29, 0.717) is 30.3 Å². The summed E-state index contributed by atoms with van der Waals surface area (Å²) in [6.07, 6.45) is -4.01. The van der Waals surface area contributed by atoms with Crippen LogP contribution in [-0.2, 0) is 12.7 Å². The molecule has 0 saturated carbocycles. The van der Waals surface area contributed by atoms with Crippen LogP contribution in [0.3, 0.4) is 0 Å². The standard InChI is InChI=1S/C17H20ClF3N4S/c1-10-7-11(2)9-13(8-10)23-16(26)22-5-4-6-25-12(3)14(18)15(24-25)17(19,20)21/h7-9H,4-6H2,1-3H3,(H2,22,23,26). The van der Waals surface area contributed by atoms with Crippen LogP contribution in [0.2, 0.25) is 5.02 Å². The second kappa shape index (κ2) is 8.26. The third kappa shape index (κ3) is 5.35. The van der Waals surface area contributed by atoms with E-state index in [9.17, 15) is 13.2 Å². The number of alkyl halides is 3. The molecule has 0 aliphatic carbocycles. The molecule has 0 aliphatic rings. The third-order valence-corrected chi connectivity index (χ3v) is 4.41. The minimum Gasteiger partial charge on any atom is -0.362 e. The van der Waals surface area contributed by atoms with E-state index in [-0.39, 0.29) is 5.02 Å². The van der Waals surface area contributed by atoms with Crippen molar-refractivity contribution in [2.75, 3.05) is 11.9 Å². The Balaban J connectivity index is 1.84. The normalized spacial score (nSPS) is 11.5. The van der Waals surface area contributed by atoms with Crippen LogP contribution >= 0.6 is 23.8 Å². The SMILES string of the molecule is Cc1cc(C)cc(NC(=S)NCCCn2nc(C(F)(F)F)c(Cl)c2C)c1. The van der Waals surface area contributed by atoms with Gasteiger partial charge in [0, 0.05) is 18.8 Å². The molecule has 1 aromatic heterocycles. The molecule has 142 valence electrons. The molecule has 0 unspecified atom stereocenters. The van der Waals surface area contributed by atoms with Gasteiger partial charge in [0.05, 0.1) is 10.7 Å². The van der Waals surface area contributed by atoms with Crippen molar-refractivity contribution in [1.29, 1.82) is 0 Å². The van der Waals surface area contributed by atoms with Crippen molar-refractivity contribution >= 4 is 34.6 Å². The molecule has 0 spiro atoms. The first-order valence-electron chi connectivity index (χ1n) is 8.01. The number of hydrogen-bond acceptors (Lipinski definition) is 2. The van der Waals surface area contributed by atoms with E-state index in [1.54, 1.807) is 0 Å². The Labute approximate surface area is 160 Å². The van der Waals surface area contributed by atoms with Crippen LogP contribution in [0.4, 0.5) is 18.9 Å². The van der Waals surface area contributed by atoms with Gasteiger partial charge >= 0.3 is 6.18 Å². The Morgan fingerprint density at radius 3 is 2.35 bits per heavy atom. The average molecular weight is 405 g/mol. The fourth-order valence-electron chi connectivity index (χ4n) is 2.58. The number of rotatable bonds is 5. The smallest absolute Gasteiger partial charge is 0.362 e. The van der Waals surface area contributed by atoms with Gasteiger partial charge in [-0.3, -0.25) is 4.68 Å². The van der Waals surface area contributed by atoms with Crippen molar-refractivity contribution in [2.24, 2.45) is 0 Å². The molecule has 2 rings (SSSR count). The summed E-state index contributed by atoms with van der Waals surface area (Å²) in [7, 11) is 0. The zero-order valence-corrected chi connectivity index (χ0v) is 16.2. The second-order valence-electron chi connectivity index (χ2n) is 6.08. The lowest BCUT2D eigenvalue weighted by atomic mass is 10.1. The zero-order chi connectivity index (χ0) is 19.5. The van der Waals surface area contributed by atoms with Crippen molar-refractivity contribution in [3.63, 3.8) is 0 Å². The van der Waals surface area contributed by atoms with E-state index in [1.807, 2.05) is 26.0 Å². The molecule has 0 amide bonds. The fourth-order valence-corrected chi connectivity index (χ4v) is 3.04. The maximum absolute atomic E-state index is 12.8. The van der Waals surface area contributed by atoms with Gasteiger partial charge in [0.1, 0.15) is 0 Å². The predicted octanol–water partition coefficient (Wildman–Crippen LogP) is 4.86. The summed E-state index contributed by atoms with van der Waals surface area (Å²) >= 11 is 11.0. The Morgan fingerprint density at radius 1 is 1.19 bits per heavy atom. The highest BCUT2D eigenvalue weighted by atomic mass is 35.5. The molecule has 0 atom stereocenters. The lowest BCUT2D eigenvalue weighted by Crippen LogP contribution is -2.30. The summed E-state index contributed by atoms with van der Waals surface area (Å²) in [5.74, 6) is 0. The van der Waals surface area contributed by atoms with Crippen LogP contribution in [0.25, 0.3) is 0 Å². The number of aromatic nitrogens is 2. The largest absolute Gasteiger partial charge is 0.436 e. The van der Waals surface area contributed by atoms with Gasteiger partial charge in [0.25, 0.3) is 0 Å². The average Bonchev–Trinajstić information content (AvgIpc) is 2.78. The van der Waals surface area contributed by atoms with Crippen molar-refractivity contribution < 1.29 is 13.2 Å². The van der Waals surface area contributed by atoms with E-state index in [1.165, 1.54) is 11.6 Å². The van der Waals surface area contributed by atoms with E-state index in [4.69, 9.17) is 23.8 Å². The number of aryl methyl sites for hydroxylation is 3. The Kier molecular flexibility index (Phi) is 6.52. The van der Waals surface area contributed by atoms with Crippen LogP contribution < -0.4 is 10.6 Å². The molecule has 2 aromatic rings. The van der Waals surface area contributed by atoms with E-state index in [2.05, 4.69) is 21.8 Å². The van der Waals surface area contributed by atoms with Gasteiger partial charge in [-0.1, -0.05) is 17.7 Å². The van der Waals surface area contributed by atoms with E-state index in [0.717, 1.165) is 16.8 Å². The van der Waals surface area contributed by atoms with Gasteiger partial charge in [-0.15, -0.1) is 0 Å². The maximum Gasteiger partial charge on any atom is 0.436 e. The van der Waals surface area contributed by atoms with Crippen molar-refractivity contribution in [2.45, 2.75) is 39.9 Å². The number of halogens is 4. The molecular weight excluding hydrogens is 385 g/mol. The van der Waals surface area contributed by atoms with Crippen LogP contribution in [-0.4, -0.2) is 21.4 Å². The molecule has 0 bridgehead atoms. The fraction of sp³-hybridized carbons (Fsp3) is 0.412. The van der Waals surface area contributed by atoms with Gasteiger partial charge in [-0.2, -0.15) is 18.3 Å². The highest BCUT2D eigenvalue weighted by Crippen LogP contribution is 2.35. The predicted molar refractivity (Wildman–Crippen MR) is 102 cm³/mol. The summed E-state index contributed by atoms with van der Waals surface area (Å²) in [5, 5.41) is 9.81.